The van der Waals surface area contributed by atoms with Crippen molar-refractivity contribution in [3.63, 3.8) is 0 Å². The van der Waals surface area contributed by atoms with Gasteiger partial charge in [-0.05, 0) is 60.2 Å². The summed E-state index contributed by atoms with van der Waals surface area (Å²) in [6, 6.07) is 8.77. The predicted octanol–water partition coefficient (Wildman–Crippen LogP) is 4.48. The van der Waals surface area contributed by atoms with Gasteiger partial charge in [-0.25, -0.2) is 0 Å². The van der Waals surface area contributed by atoms with E-state index in [1.807, 2.05) is 6.08 Å². The van der Waals surface area contributed by atoms with Crippen molar-refractivity contribution in [3.8, 4) is 0 Å². The minimum atomic E-state index is -0.578. The van der Waals surface area contributed by atoms with Crippen LogP contribution in [0.2, 0.25) is 0 Å². The van der Waals surface area contributed by atoms with Gasteiger partial charge in [-0.15, -0.1) is 17.9 Å². The molecule has 1 aliphatic rings. The Hall–Kier alpha value is -1.12. The van der Waals surface area contributed by atoms with Gasteiger partial charge in [-0.1, -0.05) is 12.1 Å². The molecular formula is C16H18OS. The Morgan fingerprint density at radius 3 is 3.17 bits per heavy atom. The average molecular weight is 258 g/mol. The van der Waals surface area contributed by atoms with Gasteiger partial charge in [0.1, 0.15) is 0 Å². The van der Waals surface area contributed by atoms with Crippen LogP contribution in [0.1, 0.15) is 37.2 Å². The molecule has 2 heteroatoms. The van der Waals surface area contributed by atoms with Gasteiger partial charge >= 0.3 is 0 Å². The van der Waals surface area contributed by atoms with Gasteiger partial charge in [0.25, 0.3) is 0 Å². The van der Waals surface area contributed by atoms with E-state index in [1.54, 1.807) is 11.3 Å². The lowest BCUT2D eigenvalue weighted by molar-refractivity contribution is 0.0331. The fraction of sp³-hybridized carbons (Fsp3) is 0.375. The summed E-state index contributed by atoms with van der Waals surface area (Å²) in [7, 11) is 0. The highest BCUT2D eigenvalue weighted by Crippen LogP contribution is 2.45. The molecule has 0 aliphatic heterocycles. The van der Waals surface area contributed by atoms with E-state index in [-0.39, 0.29) is 5.92 Å². The number of hydrogen-bond donors (Lipinski definition) is 1. The molecule has 1 saturated carbocycles. The van der Waals surface area contributed by atoms with Crippen molar-refractivity contribution in [1.82, 2.24) is 0 Å². The lowest BCUT2D eigenvalue weighted by Gasteiger charge is -2.29. The Labute approximate surface area is 112 Å². The fourth-order valence-electron chi connectivity index (χ4n) is 3.23. The van der Waals surface area contributed by atoms with Gasteiger partial charge in [0, 0.05) is 10.6 Å². The molecule has 3 rings (SSSR count). The van der Waals surface area contributed by atoms with Crippen LogP contribution in [-0.4, -0.2) is 10.7 Å². The van der Waals surface area contributed by atoms with Gasteiger partial charge in [-0.3, -0.25) is 0 Å². The second-order valence-electron chi connectivity index (χ2n) is 5.26. The quantitative estimate of drug-likeness (QED) is 0.805. The van der Waals surface area contributed by atoms with E-state index in [1.165, 1.54) is 15.6 Å². The molecule has 0 unspecified atom stereocenters. The van der Waals surface area contributed by atoms with Gasteiger partial charge in [0.15, 0.2) is 0 Å². The van der Waals surface area contributed by atoms with Crippen molar-refractivity contribution in [2.45, 2.75) is 37.2 Å². The normalized spacial score (nSPS) is 27.7. The zero-order valence-electron chi connectivity index (χ0n) is 10.4. The maximum Gasteiger partial charge on any atom is 0.0750 e. The topological polar surface area (TPSA) is 20.2 Å². The minimum absolute atomic E-state index is 0.264. The summed E-state index contributed by atoms with van der Waals surface area (Å²) in [5.74, 6) is 0.264. The van der Waals surface area contributed by atoms with E-state index >= 15 is 0 Å². The first kappa shape index (κ1) is 11.9. The van der Waals surface area contributed by atoms with E-state index < -0.39 is 5.60 Å². The number of thiophene rings is 1. The molecule has 0 amide bonds. The van der Waals surface area contributed by atoms with Crippen LogP contribution in [0.5, 0.6) is 0 Å². The molecule has 0 saturated heterocycles. The lowest BCUT2D eigenvalue weighted by Crippen LogP contribution is -2.30. The first-order chi connectivity index (χ1) is 8.73. The Kier molecular flexibility index (Phi) is 3.00. The van der Waals surface area contributed by atoms with Crippen molar-refractivity contribution in [2.75, 3.05) is 0 Å². The standard InChI is InChI=1S/C16H18OS/c1-2-8-16(17)9-3-4-14(16)12-5-6-15-13(11-12)7-10-18-15/h2,5-7,10-11,14,17H,1,3-4,8-9H2/t14-,16-/m1/s1. The Morgan fingerprint density at radius 1 is 1.44 bits per heavy atom. The summed E-state index contributed by atoms with van der Waals surface area (Å²) in [6.45, 7) is 3.78. The third-order valence-corrected chi connectivity index (χ3v) is 5.03. The highest BCUT2D eigenvalue weighted by atomic mass is 32.1. The molecule has 18 heavy (non-hydrogen) atoms. The first-order valence-electron chi connectivity index (χ1n) is 6.53. The zero-order chi connectivity index (χ0) is 12.6. The number of aliphatic hydroxyl groups is 1. The maximum atomic E-state index is 10.8. The van der Waals surface area contributed by atoms with Crippen molar-refractivity contribution in [3.05, 3.63) is 47.9 Å². The molecule has 94 valence electrons. The van der Waals surface area contributed by atoms with Crippen LogP contribution in [-0.2, 0) is 0 Å². The van der Waals surface area contributed by atoms with Crippen LogP contribution in [0.25, 0.3) is 10.1 Å². The molecule has 1 heterocycles. The first-order valence-corrected chi connectivity index (χ1v) is 7.41. The summed E-state index contributed by atoms with van der Waals surface area (Å²) in [5.41, 5.74) is 0.702. The van der Waals surface area contributed by atoms with Crippen molar-refractivity contribution >= 4 is 21.4 Å². The Bertz CT molecular complexity index is 571. The van der Waals surface area contributed by atoms with E-state index in [9.17, 15) is 5.11 Å². The molecule has 1 N–H and O–H groups in total. The van der Waals surface area contributed by atoms with Crippen LogP contribution in [0.4, 0.5) is 0 Å². The summed E-state index contributed by atoms with van der Waals surface area (Å²) >= 11 is 1.77. The van der Waals surface area contributed by atoms with Crippen molar-refractivity contribution in [2.24, 2.45) is 0 Å². The molecule has 1 aromatic carbocycles. The number of rotatable bonds is 3. The van der Waals surface area contributed by atoms with Crippen LogP contribution in [0.15, 0.2) is 42.3 Å². The van der Waals surface area contributed by atoms with Gasteiger partial charge < -0.3 is 5.11 Å². The van der Waals surface area contributed by atoms with Crippen LogP contribution in [0, 0.1) is 0 Å². The molecular weight excluding hydrogens is 240 g/mol. The molecule has 1 aliphatic carbocycles. The monoisotopic (exact) mass is 258 g/mol. The van der Waals surface area contributed by atoms with Gasteiger partial charge in [0.05, 0.1) is 5.60 Å². The Balaban J connectivity index is 1.99. The van der Waals surface area contributed by atoms with E-state index in [2.05, 4.69) is 36.2 Å². The van der Waals surface area contributed by atoms with Gasteiger partial charge in [0.2, 0.25) is 0 Å². The molecule has 0 radical (unpaired) electrons. The number of hydrogen-bond acceptors (Lipinski definition) is 2. The van der Waals surface area contributed by atoms with Gasteiger partial charge in [-0.2, -0.15) is 0 Å². The molecule has 1 nitrogen and oxygen atoms in total. The smallest absolute Gasteiger partial charge is 0.0750 e. The third kappa shape index (κ3) is 1.90. The third-order valence-electron chi connectivity index (χ3n) is 4.13. The second kappa shape index (κ2) is 4.52. The molecule has 2 aromatic rings. The lowest BCUT2D eigenvalue weighted by atomic mass is 9.82. The van der Waals surface area contributed by atoms with Crippen molar-refractivity contribution < 1.29 is 5.11 Å². The second-order valence-corrected chi connectivity index (χ2v) is 6.21. The zero-order valence-corrected chi connectivity index (χ0v) is 11.2. The Morgan fingerprint density at radius 2 is 2.33 bits per heavy atom. The SMILES string of the molecule is C=CC[C@@]1(O)CCC[C@@H]1c1ccc2sccc2c1. The molecule has 1 aromatic heterocycles. The number of benzene rings is 1. The highest BCUT2D eigenvalue weighted by Gasteiger charge is 2.40. The maximum absolute atomic E-state index is 10.8. The molecule has 1 fully saturated rings. The molecule has 0 spiro atoms. The van der Waals surface area contributed by atoms with E-state index in [0.717, 1.165) is 19.3 Å². The summed E-state index contributed by atoms with van der Waals surface area (Å²) in [4.78, 5) is 0. The molecule has 0 bridgehead atoms. The predicted molar refractivity (Wildman–Crippen MR) is 78.2 cm³/mol. The number of fused-ring (bicyclic) bond motifs is 1. The summed E-state index contributed by atoms with van der Waals surface area (Å²) in [6.07, 6.45) is 5.63. The highest BCUT2D eigenvalue weighted by molar-refractivity contribution is 7.17. The molecule has 2 atom stereocenters. The van der Waals surface area contributed by atoms with Crippen molar-refractivity contribution in [1.29, 1.82) is 0 Å². The van der Waals surface area contributed by atoms with E-state index in [4.69, 9.17) is 0 Å². The average Bonchev–Trinajstić information content (AvgIpc) is 2.94. The summed E-state index contributed by atoms with van der Waals surface area (Å²) in [5, 5.41) is 14.2. The largest absolute Gasteiger partial charge is 0.389 e. The van der Waals surface area contributed by atoms with E-state index in [0.29, 0.717) is 6.42 Å². The minimum Gasteiger partial charge on any atom is -0.389 e. The van der Waals surface area contributed by atoms with Crippen LogP contribution in [0.3, 0.4) is 0 Å². The fourth-order valence-corrected chi connectivity index (χ4v) is 4.00. The summed E-state index contributed by atoms with van der Waals surface area (Å²) < 4.78 is 1.32. The van der Waals surface area contributed by atoms with Crippen LogP contribution < -0.4 is 0 Å². The van der Waals surface area contributed by atoms with Crippen LogP contribution >= 0.6 is 11.3 Å².